The second-order valence-corrected chi connectivity index (χ2v) is 9.80. The summed E-state index contributed by atoms with van der Waals surface area (Å²) >= 11 is 0. The molecule has 190 valence electrons. The lowest BCUT2D eigenvalue weighted by molar-refractivity contribution is -0.134. The van der Waals surface area contributed by atoms with Gasteiger partial charge in [-0.05, 0) is 68.0 Å². The van der Waals surface area contributed by atoms with Gasteiger partial charge in [-0.2, -0.15) is 0 Å². The van der Waals surface area contributed by atoms with Crippen LogP contribution in [-0.2, 0) is 9.53 Å². The molecule has 0 unspecified atom stereocenters. The first-order valence-corrected chi connectivity index (χ1v) is 12.4. The molecule has 2 aliphatic heterocycles. The average molecular weight is 496 g/mol. The van der Waals surface area contributed by atoms with E-state index in [1.165, 1.54) is 31.0 Å². The van der Waals surface area contributed by atoms with Crippen LogP contribution in [0, 0.1) is 11.7 Å². The number of halogens is 1. The summed E-state index contributed by atoms with van der Waals surface area (Å²) in [7, 11) is 1.74. The van der Waals surface area contributed by atoms with Crippen molar-refractivity contribution in [2.45, 2.75) is 50.4 Å². The summed E-state index contributed by atoms with van der Waals surface area (Å²) in [5.74, 6) is -0.210. The molecule has 2 aromatic carbocycles. The van der Waals surface area contributed by atoms with E-state index >= 15 is 0 Å². The van der Waals surface area contributed by atoms with Crippen molar-refractivity contribution >= 4 is 23.4 Å². The molecule has 5 rings (SSSR count). The maximum atomic E-state index is 13.5. The van der Waals surface area contributed by atoms with Gasteiger partial charge in [0.2, 0.25) is 5.91 Å². The van der Waals surface area contributed by atoms with Crippen LogP contribution in [0.15, 0.2) is 42.5 Å². The fourth-order valence-electron chi connectivity index (χ4n) is 4.80. The summed E-state index contributed by atoms with van der Waals surface area (Å²) in [4.78, 5) is 39.8. The topological polar surface area (TPSA) is 97.0 Å². The molecule has 3 aliphatic rings. The number of anilines is 1. The van der Waals surface area contributed by atoms with Gasteiger partial charge in [0.1, 0.15) is 24.3 Å². The maximum absolute atomic E-state index is 13.5. The molecular formula is C27H30FN3O5. The molecule has 9 heteroatoms. The van der Waals surface area contributed by atoms with Gasteiger partial charge in [0, 0.05) is 24.8 Å². The van der Waals surface area contributed by atoms with Crippen molar-refractivity contribution in [1.82, 2.24) is 10.2 Å². The first-order valence-electron chi connectivity index (χ1n) is 12.4. The maximum Gasteiger partial charge on any atom is 0.257 e. The van der Waals surface area contributed by atoms with Gasteiger partial charge in [-0.3, -0.25) is 14.4 Å². The van der Waals surface area contributed by atoms with Crippen molar-refractivity contribution in [3.05, 3.63) is 59.4 Å². The number of nitrogens with zero attached hydrogens (tertiary/aromatic N) is 1. The standard InChI is InChI=1S/C27H30FN3O5/c1-31-22-9-8-20(13-25(32)29-14-16-5-6-16)36-24(22)15-35-23-10-7-19(12-21(23)27(31)34)30-26(33)17-3-2-4-18(28)11-17/h2-4,7,10-12,16,20,22,24H,5-6,8-9,13-15H2,1H3,(H,29,32)(H,30,33)/t20-,22+,24-/m1/s1. The highest BCUT2D eigenvalue weighted by atomic mass is 19.1. The van der Waals surface area contributed by atoms with E-state index in [9.17, 15) is 18.8 Å². The van der Waals surface area contributed by atoms with Gasteiger partial charge in [0.15, 0.2) is 0 Å². The summed E-state index contributed by atoms with van der Waals surface area (Å²) in [5, 5.41) is 5.70. The highest BCUT2D eigenvalue weighted by molar-refractivity contribution is 6.05. The molecule has 3 atom stereocenters. The van der Waals surface area contributed by atoms with E-state index in [4.69, 9.17) is 9.47 Å². The van der Waals surface area contributed by atoms with E-state index in [1.54, 1.807) is 30.1 Å². The Balaban J connectivity index is 1.26. The Morgan fingerprint density at radius 1 is 1.11 bits per heavy atom. The summed E-state index contributed by atoms with van der Waals surface area (Å²) in [5.41, 5.74) is 0.914. The number of fused-ring (bicyclic) bond motifs is 2. The molecule has 2 aromatic rings. The molecule has 8 nitrogen and oxygen atoms in total. The van der Waals surface area contributed by atoms with Crippen LogP contribution in [0.5, 0.6) is 5.75 Å². The van der Waals surface area contributed by atoms with Crippen LogP contribution in [0.3, 0.4) is 0 Å². The largest absolute Gasteiger partial charge is 0.490 e. The van der Waals surface area contributed by atoms with E-state index in [2.05, 4.69) is 10.6 Å². The first kappa shape index (κ1) is 24.2. The number of likely N-dealkylation sites (N-methyl/N-ethyl adjacent to an activating group) is 1. The van der Waals surface area contributed by atoms with Gasteiger partial charge in [-0.25, -0.2) is 4.39 Å². The van der Waals surface area contributed by atoms with Crippen LogP contribution in [0.4, 0.5) is 10.1 Å². The highest BCUT2D eigenvalue weighted by Gasteiger charge is 2.39. The summed E-state index contributed by atoms with van der Waals surface area (Å²) < 4.78 is 25.7. The van der Waals surface area contributed by atoms with E-state index in [1.807, 2.05) is 0 Å². The van der Waals surface area contributed by atoms with Crippen molar-refractivity contribution in [2.24, 2.45) is 5.92 Å². The predicted octanol–water partition coefficient (Wildman–Crippen LogP) is 3.37. The quantitative estimate of drug-likeness (QED) is 0.641. The molecule has 36 heavy (non-hydrogen) atoms. The van der Waals surface area contributed by atoms with E-state index in [0.29, 0.717) is 42.2 Å². The van der Waals surface area contributed by atoms with Crippen molar-refractivity contribution in [3.8, 4) is 5.75 Å². The van der Waals surface area contributed by atoms with Crippen molar-refractivity contribution in [3.63, 3.8) is 0 Å². The van der Waals surface area contributed by atoms with Crippen LogP contribution in [0.1, 0.15) is 52.8 Å². The van der Waals surface area contributed by atoms with Crippen LogP contribution < -0.4 is 15.4 Å². The number of benzene rings is 2. The molecule has 0 bridgehead atoms. The molecule has 0 spiro atoms. The fourth-order valence-corrected chi connectivity index (χ4v) is 4.80. The second-order valence-electron chi connectivity index (χ2n) is 9.80. The average Bonchev–Trinajstić information content (AvgIpc) is 3.70. The Kier molecular flexibility index (Phi) is 6.91. The highest BCUT2D eigenvalue weighted by Crippen LogP contribution is 2.33. The monoisotopic (exact) mass is 495 g/mol. The molecule has 3 amide bonds. The normalized spacial score (nSPS) is 23.4. The molecule has 2 N–H and O–H groups in total. The minimum absolute atomic E-state index is 0.000271. The lowest BCUT2D eigenvalue weighted by Crippen LogP contribution is -2.54. The number of ether oxygens (including phenoxy) is 2. The fraction of sp³-hybridized carbons (Fsp3) is 0.444. The number of carbonyl (C=O) groups is 3. The molecule has 0 aromatic heterocycles. The first-order chi connectivity index (χ1) is 17.4. The molecule has 2 fully saturated rings. The van der Waals surface area contributed by atoms with Crippen LogP contribution >= 0.6 is 0 Å². The molecule has 1 saturated carbocycles. The number of hydrogen-bond acceptors (Lipinski definition) is 5. The molecule has 2 heterocycles. The zero-order valence-corrected chi connectivity index (χ0v) is 20.2. The zero-order valence-electron chi connectivity index (χ0n) is 20.2. The van der Waals surface area contributed by atoms with E-state index < -0.39 is 11.7 Å². The third kappa shape index (κ3) is 5.51. The Morgan fingerprint density at radius 2 is 1.94 bits per heavy atom. The summed E-state index contributed by atoms with van der Waals surface area (Å²) in [6.45, 7) is 0.976. The molecule has 1 aliphatic carbocycles. The van der Waals surface area contributed by atoms with Gasteiger partial charge in [-0.15, -0.1) is 0 Å². The zero-order chi connectivity index (χ0) is 25.2. The van der Waals surface area contributed by atoms with Crippen molar-refractivity contribution in [1.29, 1.82) is 0 Å². The van der Waals surface area contributed by atoms with Gasteiger partial charge in [-0.1, -0.05) is 6.07 Å². The number of amides is 3. The van der Waals surface area contributed by atoms with Crippen molar-refractivity contribution < 1.29 is 28.2 Å². The van der Waals surface area contributed by atoms with Crippen LogP contribution in [-0.4, -0.2) is 61.1 Å². The third-order valence-corrected chi connectivity index (χ3v) is 7.05. The Bertz CT molecular complexity index is 1170. The number of rotatable bonds is 6. The van der Waals surface area contributed by atoms with Crippen LogP contribution in [0.25, 0.3) is 0 Å². The summed E-state index contributed by atoms with van der Waals surface area (Å²) in [6.07, 6.45) is 3.48. The van der Waals surface area contributed by atoms with Gasteiger partial charge >= 0.3 is 0 Å². The predicted molar refractivity (Wildman–Crippen MR) is 130 cm³/mol. The number of nitrogens with one attached hydrogen (secondary N) is 2. The molecule has 1 saturated heterocycles. The molecular weight excluding hydrogens is 465 g/mol. The van der Waals surface area contributed by atoms with Gasteiger partial charge in [0.25, 0.3) is 11.8 Å². The van der Waals surface area contributed by atoms with E-state index in [-0.39, 0.29) is 42.2 Å². The van der Waals surface area contributed by atoms with Crippen molar-refractivity contribution in [2.75, 3.05) is 25.5 Å². The minimum atomic E-state index is -0.503. The number of hydrogen-bond donors (Lipinski definition) is 2. The van der Waals surface area contributed by atoms with Crippen LogP contribution in [0.2, 0.25) is 0 Å². The van der Waals surface area contributed by atoms with Gasteiger partial charge in [0.05, 0.1) is 24.1 Å². The van der Waals surface area contributed by atoms with Gasteiger partial charge < -0.3 is 25.0 Å². The Hall–Kier alpha value is -3.46. The smallest absolute Gasteiger partial charge is 0.257 e. The SMILES string of the molecule is CN1C(=O)c2cc(NC(=O)c3cccc(F)c3)ccc2OC[C@H]2O[C@@H](CC(=O)NCC3CC3)CC[C@@H]21. The minimum Gasteiger partial charge on any atom is -0.490 e. The third-order valence-electron chi connectivity index (χ3n) is 7.05. The lowest BCUT2D eigenvalue weighted by atomic mass is 9.94. The lowest BCUT2D eigenvalue weighted by Gasteiger charge is -2.42. The Morgan fingerprint density at radius 3 is 2.72 bits per heavy atom. The number of carbonyl (C=O) groups excluding carboxylic acids is 3. The summed E-state index contributed by atoms with van der Waals surface area (Å²) in [6, 6.07) is 10.0. The second kappa shape index (κ2) is 10.3. The molecule has 0 radical (unpaired) electrons. The Labute approximate surface area is 209 Å². The van der Waals surface area contributed by atoms with E-state index in [0.717, 1.165) is 12.6 Å².